The number of benzene rings is 1. The van der Waals surface area contributed by atoms with Gasteiger partial charge in [0.1, 0.15) is 5.75 Å². The largest absolute Gasteiger partial charge is 0.507 e. The predicted octanol–water partition coefficient (Wildman–Crippen LogP) is 2.76. The maximum Gasteiger partial charge on any atom is 0.306 e. The highest BCUT2D eigenvalue weighted by atomic mass is 16.5. The van der Waals surface area contributed by atoms with Crippen LogP contribution in [0.3, 0.4) is 0 Å². The van der Waals surface area contributed by atoms with Gasteiger partial charge in [-0.25, -0.2) is 0 Å². The normalized spacial score (nSPS) is 10.3. The Morgan fingerprint density at radius 2 is 2.06 bits per heavy atom. The molecule has 0 radical (unpaired) electrons. The van der Waals surface area contributed by atoms with Gasteiger partial charge in [-0.1, -0.05) is 19.1 Å². The quantitative estimate of drug-likeness (QED) is 0.800. The van der Waals surface area contributed by atoms with Crippen molar-refractivity contribution in [1.82, 2.24) is 0 Å². The number of ether oxygens (including phenoxy) is 1. The van der Waals surface area contributed by atoms with Crippen LogP contribution in [0.4, 0.5) is 0 Å². The molecular formula is C14H20O3. The van der Waals surface area contributed by atoms with E-state index in [1.165, 1.54) is 0 Å². The van der Waals surface area contributed by atoms with Gasteiger partial charge in [0, 0.05) is 6.42 Å². The topological polar surface area (TPSA) is 46.5 Å². The molecule has 3 heteroatoms. The molecule has 0 atom stereocenters. The van der Waals surface area contributed by atoms with Crippen LogP contribution in [0.25, 0.3) is 0 Å². The number of hydrogen-bond acceptors (Lipinski definition) is 3. The van der Waals surface area contributed by atoms with E-state index in [1.54, 1.807) is 6.92 Å². The Morgan fingerprint density at radius 3 is 2.65 bits per heavy atom. The minimum atomic E-state index is -0.170. The molecule has 17 heavy (non-hydrogen) atoms. The zero-order valence-electron chi connectivity index (χ0n) is 10.7. The third-order valence-corrected chi connectivity index (χ3v) is 2.74. The summed E-state index contributed by atoms with van der Waals surface area (Å²) in [6.07, 6.45) is 1.84. The third kappa shape index (κ3) is 3.77. The van der Waals surface area contributed by atoms with Crippen molar-refractivity contribution in [3.63, 3.8) is 0 Å². The van der Waals surface area contributed by atoms with Crippen LogP contribution in [0.5, 0.6) is 5.75 Å². The van der Waals surface area contributed by atoms with Gasteiger partial charge in [-0.15, -0.1) is 0 Å². The van der Waals surface area contributed by atoms with E-state index in [2.05, 4.69) is 0 Å². The zero-order chi connectivity index (χ0) is 12.8. The molecule has 0 amide bonds. The van der Waals surface area contributed by atoms with Crippen molar-refractivity contribution in [2.24, 2.45) is 0 Å². The summed E-state index contributed by atoms with van der Waals surface area (Å²) in [5.74, 6) is 0.198. The number of hydrogen-bond donors (Lipinski definition) is 1. The lowest BCUT2D eigenvalue weighted by Gasteiger charge is -2.09. The zero-order valence-corrected chi connectivity index (χ0v) is 10.7. The fourth-order valence-corrected chi connectivity index (χ4v) is 1.83. The minimum absolute atomic E-state index is 0.170. The highest BCUT2D eigenvalue weighted by molar-refractivity contribution is 5.69. The fraction of sp³-hybridized carbons (Fsp3) is 0.500. The lowest BCUT2D eigenvalue weighted by atomic mass is 10.0. The molecule has 3 nitrogen and oxygen atoms in total. The second kappa shape index (κ2) is 6.28. The summed E-state index contributed by atoms with van der Waals surface area (Å²) in [5, 5.41) is 9.79. The fourth-order valence-electron chi connectivity index (χ4n) is 1.83. The van der Waals surface area contributed by atoms with Crippen LogP contribution in [-0.4, -0.2) is 17.7 Å². The lowest BCUT2D eigenvalue weighted by molar-refractivity contribution is -0.143. The summed E-state index contributed by atoms with van der Waals surface area (Å²) in [4.78, 5) is 11.3. The van der Waals surface area contributed by atoms with Crippen molar-refractivity contribution < 1.29 is 14.6 Å². The van der Waals surface area contributed by atoms with Gasteiger partial charge in [-0.2, -0.15) is 0 Å². The van der Waals surface area contributed by atoms with E-state index in [0.717, 1.165) is 23.1 Å². The Balaban J connectivity index is 2.72. The Morgan fingerprint density at radius 1 is 1.35 bits per heavy atom. The van der Waals surface area contributed by atoms with Crippen molar-refractivity contribution in [2.45, 2.75) is 40.0 Å². The van der Waals surface area contributed by atoms with Gasteiger partial charge < -0.3 is 9.84 Å². The molecule has 1 aromatic carbocycles. The van der Waals surface area contributed by atoms with Crippen LogP contribution in [0.15, 0.2) is 12.1 Å². The predicted molar refractivity (Wildman–Crippen MR) is 67.2 cm³/mol. The van der Waals surface area contributed by atoms with Gasteiger partial charge in [0.05, 0.1) is 6.61 Å². The lowest BCUT2D eigenvalue weighted by Crippen LogP contribution is -2.05. The molecule has 0 heterocycles. The summed E-state index contributed by atoms with van der Waals surface area (Å²) in [6, 6.07) is 3.88. The molecule has 0 aromatic heterocycles. The monoisotopic (exact) mass is 236 g/mol. The van der Waals surface area contributed by atoms with Crippen LogP contribution in [0, 0.1) is 6.92 Å². The van der Waals surface area contributed by atoms with Gasteiger partial charge in [-0.3, -0.25) is 4.79 Å². The first-order valence-corrected chi connectivity index (χ1v) is 6.05. The molecule has 0 saturated heterocycles. The molecule has 0 saturated carbocycles. The van der Waals surface area contributed by atoms with E-state index < -0.39 is 0 Å². The van der Waals surface area contributed by atoms with Gasteiger partial charge in [-0.05, 0) is 43.4 Å². The summed E-state index contributed by atoms with van der Waals surface area (Å²) in [7, 11) is 0. The first kappa shape index (κ1) is 13.6. The first-order chi connectivity index (χ1) is 8.08. The number of rotatable bonds is 5. The molecule has 0 aliphatic rings. The molecule has 0 aliphatic heterocycles. The molecule has 0 spiro atoms. The van der Waals surface area contributed by atoms with E-state index in [0.29, 0.717) is 25.2 Å². The summed E-state index contributed by atoms with van der Waals surface area (Å²) in [5.41, 5.74) is 2.87. The SMILES string of the molecule is CCOC(=O)CCc1cc(C)c(O)c(CC)c1. The van der Waals surface area contributed by atoms with E-state index in [1.807, 2.05) is 26.0 Å². The number of aryl methyl sites for hydroxylation is 3. The minimum Gasteiger partial charge on any atom is -0.507 e. The average Bonchev–Trinajstić information content (AvgIpc) is 2.31. The molecule has 0 bridgehead atoms. The number of carbonyl (C=O) groups is 1. The van der Waals surface area contributed by atoms with Crippen molar-refractivity contribution in [3.8, 4) is 5.75 Å². The highest BCUT2D eigenvalue weighted by Gasteiger charge is 2.07. The van der Waals surface area contributed by atoms with Crippen LogP contribution >= 0.6 is 0 Å². The molecule has 94 valence electrons. The molecule has 1 N–H and O–H groups in total. The van der Waals surface area contributed by atoms with E-state index >= 15 is 0 Å². The highest BCUT2D eigenvalue weighted by Crippen LogP contribution is 2.24. The Labute approximate surface area is 102 Å². The van der Waals surface area contributed by atoms with Crippen molar-refractivity contribution in [3.05, 3.63) is 28.8 Å². The number of phenolic OH excluding ortho intramolecular Hbond substituents is 1. The number of carbonyl (C=O) groups excluding carboxylic acids is 1. The van der Waals surface area contributed by atoms with Gasteiger partial charge in [0.15, 0.2) is 0 Å². The molecule has 0 aliphatic carbocycles. The van der Waals surface area contributed by atoms with Crippen LogP contribution in [0.2, 0.25) is 0 Å². The van der Waals surface area contributed by atoms with Crippen molar-refractivity contribution in [2.75, 3.05) is 6.61 Å². The Hall–Kier alpha value is -1.51. The smallest absolute Gasteiger partial charge is 0.306 e. The van der Waals surface area contributed by atoms with Gasteiger partial charge in [0.2, 0.25) is 0 Å². The maximum absolute atomic E-state index is 11.3. The summed E-state index contributed by atoms with van der Waals surface area (Å²) < 4.78 is 4.89. The molecular weight excluding hydrogens is 216 g/mol. The number of esters is 1. The van der Waals surface area contributed by atoms with Crippen LogP contribution in [0.1, 0.15) is 37.0 Å². The van der Waals surface area contributed by atoms with Crippen molar-refractivity contribution in [1.29, 1.82) is 0 Å². The second-order valence-corrected chi connectivity index (χ2v) is 4.08. The standard InChI is InChI=1S/C14H20O3/c1-4-12-9-11(8-10(3)14(12)16)6-7-13(15)17-5-2/h8-9,16H,4-7H2,1-3H3. The summed E-state index contributed by atoms with van der Waals surface area (Å²) >= 11 is 0. The first-order valence-electron chi connectivity index (χ1n) is 6.05. The molecule has 0 fully saturated rings. The van der Waals surface area contributed by atoms with Crippen LogP contribution in [-0.2, 0) is 22.4 Å². The van der Waals surface area contributed by atoms with E-state index in [9.17, 15) is 9.90 Å². The number of aromatic hydroxyl groups is 1. The van der Waals surface area contributed by atoms with Crippen LogP contribution < -0.4 is 0 Å². The van der Waals surface area contributed by atoms with Crippen molar-refractivity contribution >= 4 is 5.97 Å². The number of phenols is 1. The van der Waals surface area contributed by atoms with E-state index in [-0.39, 0.29) is 5.97 Å². The summed E-state index contributed by atoms with van der Waals surface area (Å²) in [6.45, 7) is 6.11. The van der Waals surface area contributed by atoms with Gasteiger partial charge >= 0.3 is 5.97 Å². The Kier molecular flexibility index (Phi) is 5.01. The average molecular weight is 236 g/mol. The third-order valence-electron chi connectivity index (χ3n) is 2.74. The maximum atomic E-state index is 11.3. The van der Waals surface area contributed by atoms with E-state index in [4.69, 9.17) is 4.74 Å². The molecule has 1 rings (SSSR count). The second-order valence-electron chi connectivity index (χ2n) is 4.08. The molecule has 0 unspecified atom stereocenters. The molecule has 1 aromatic rings. The van der Waals surface area contributed by atoms with Gasteiger partial charge in [0.25, 0.3) is 0 Å². The Bertz CT molecular complexity index is 397.